The van der Waals surface area contributed by atoms with Crippen LogP contribution in [0.3, 0.4) is 0 Å². The largest absolute Gasteiger partial charge is 0.396 e. The zero-order valence-corrected chi connectivity index (χ0v) is 10.2. The molecule has 0 aliphatic heterocycles. The molecule has 0 amide bonds. The third-order valence-electron chi connectivity index (χ3n) is 1.95. The normalized spacial score (nSPS) is 11.8. The number of hydrogen-bond donors (Lipinski definition) is 2. The molecule has 0 aliphatic rings. The molecule has 14 heavy (non-hydrogen) atoms. The number of unbranched alkanes of at least 4 members (excludes halogenated alkanes) is 1. The summed E-state index contributed by atoms with van der Waals surface area (Å²) in [4.78, 5) is 0. The Balaban J connectivity index is 0. The number of ether oxygens (including phenoxy) is 1. The number of aliphatic hydroxyl groups is 1. The van der Waals surface area contributed by atoms with E-state index in [2.05, 4.69) is 5.32 Å². The Morgan fingerprint density at radius 2 is 1.93 bits per heavy atom. The minimum Gasteiger partial charge on any atom is -0.396 e. The molecule has 1 unspecified atom stereocenters. The first-order chi connectivity index (χ1) is 6.85. The SMILES string of the molecule is CC.CNCCCCC(CO)COC. The third kappa shape index (κ3) is 11.9. The van der Waals surface area contributed by atoms with Crippen LogP contribution in [-0.2, 0) is 4.74 Å². The van der Waals surface area contributed by atoms with Gasteiger partial charge in [-0.15, -0.1) is 0 Å². The molecule has 3 heteroatoms. The highest BCUT2D eigenvalue weighted by atomic mass is 16.5. The molecule has 0 spiro atoms. The van der Waals surface area contributed by atoms with Crippen molar-refractivity contribution in [2.45, 2.75) is 33.1 Å². The minimum atomic E-state index is 0.243. The average molecular weight is 205 g/mol. The molecule has 0 radical (unpaired) electrons. The molecule has 1 atom stereocenters. The van der Waals surface area contributed by atoms with Crippen LogP contribution in [0.5, 0.6) is 0 Å². The maximum Gasteiger partial charge on any atom is 0.0512 e. The van der Waals surface area contributed by atoms with Crippen LogP contribution in [0.1, 0.15) is 33.1 Å². The summed E-state index contributed by atoms with van der Waals surface area (Å²) in [7, 11) is 3.63. The Hall–Kier alpha value is -0.120. The maximum atomic E-state index is 8.92. The van der Waals surface area contributed by atoms with Crippen LogP contribution in [0.2, 0.25) is 0 Å². The first-order valence-corrected chi connectivity index (χ1v) is 5.59. The van der Waals surface area contributed by atoms with E-state index < -0.39 is 0 Å². The topological polar surface area (TPSA) is 41.5 Å². The van der Waals surface area contributed by atoms with E-state index in [0.717, 1.165) is 19.4 Å². The van der Waals surface area contributed by atoms with E-state index in [9.17, 15) is 0 Å². The summed E-state index contributed by atoms with van der Waals surface area (Å²) in [5.74, 6) is 0.326. The molecular weight excluding hydrogens is 178 g/mol. The van der Waals surface area contributed by atoms with Gasteiger partial charge in [0, 0.05) is 19.6 Å². The van der Waals surface area contributed by atoms with E-state index in [-0.39, 0.29) is 6.61 Å². The summed E-state index contributed by atoms with van der Waals surface area (Å²) < 4.78 is 4.98. The standard InChI is InChI=1S/C9H21NO2.C2H6/c1-10-6-4-3-5-9(7-11)8-12-2;1-2/h9-11H,3-8H2,1-2H3;1-2H3. The van der Waals surface area contributed by atoms with Crippen molar-refractivity contribution >= 4 is 0 Å². The smallest absolute Gasteiger partial charge is 0.0512 e. The molecule has 0 aromatic rings. The number of hydrogen-bond acceptors (Lipinski definition) is 3. The molecule has 2 N–H and O–H groups in total. The predicted octanol–water partition coefficient (Wildman–Crippen LogP) is 1.66. The lowest BCUT2D eigenvalue weighted by molar-refractivity contribution is 0.104. The van der Waals surface area contributed by atoms with Gasteiger partial charge in [-0.2, -0.15) is 0 Å². The van der Waals surface area contributed by atoms with E-state index in [0.29, 0.717) is 12.5 Å². The molecule has 0 fully saturated rings. The highest BCUT2D eigenvalue weighted by Gasteiger charge is 2.05. The minimum absolute atomic E-state index is 0.243. The van der Waals surface area contributed by atoms with Crippen molar-refractivity contribution in [2.24, 2.45) is 5.92 Å². The lowest BCUT2D eigenvalue weighted by atomic mass is 10.0. The first kappa shape index (κ1) is 16.3. The van der Waals surface area contributed by atoms with Gasteiger partial charge in [0.1, 0.15) is 0 Å². The van der Waals surface area contributed by atoms with Gasteiger partial charge in [0.25, 0.3) is 0 Å². The van der Waals surface area contributed by atoms with Crippen molar-refractivity contribution in [1.82, 2.24) is 5.32 Å². The van der Waals surface area contributed by atoms with Gasteiger partial charge >= 0.3 is 0 Å². The average Bonchev–Trinajstić information content (AvgIpc) is 2.25. The molecule has 3 nitrogen and oxygen atoms in total. The lowest BCUT2D eigenvalue weighted by Crippen LogP contribution is -2.14. The molecule has 88 valence electrons. The lowest BCUT2D eigenvalue weighted by Gasteiger charge is -2.11. The van der Waals surface area contributed by atoms with Crippen LogP contribution in [0.4, 0.5) is 0 Å². The van der Waals surface area contributed by atoms with E-state index in [1.165, 1.54) is 6.42 Å². The van der Waals surface area contributed by atoms with Crippen LogP contribution in [0.25, 0.3) is 0 Å². The van der Waals surface area contributed by atoms with Gasteiger partial charge in [0.2, 0.25) is 0 Å². The molecule has 0 bridgehead atoms. The predicted molar refractivity (Wildman–Crippen MR) is 61.6 cm³/mol. The van der Waals surface area contributed by atoms with Gasteiger partial charge in [0.05, 0.1) is 6.61 Å². The van der Waals surface area contributed by atoms with Crippen molar-refractivity contribution < 1.29 is 9.84 Å². The quantitative estimate of drug-likeness (QED) is 0.592. The highest BCUT2D eigenvalue weighted by Crippen LogP contribution is 2.07. The first-order valence-electron chi connectivity index (χ1n) is 5.59. The zero-order valence-electron chi connectivity index (χ0n) is 10.2. The Labute approximate surface area is 88.9 Å². The molecule has 0 heterocycles. The molecule has 0 rings (SSSR count). The van der Waals surface area contributed by atoms with Gasteiger partial charge in [0.15, 0.2) is 0 Å². The summed E-state index contributed by atoms with van der Waals surface area (Å²) in [6.45, 7) is 5.98. The van der Waals surface area contributed by atoms with Crippen LogP contribution in [-0.4, -0.2) is 39.0 Å². The number of nitrogens with one attached hydrogen (secondary N) is 1. The van der Waals surface area contributed by atoms with Gasteiger partial charge in [-0.3, -0.25) is 0 Å². The summed E-state index contributed by atoms with van der Waals surface area (Å²) in [6.07, 6.45) is 3.40. The summed E-state index contributed by atoms with van der Waals surface area (Å²) in [5, 5.41) is 12.0. The van der Waals surface area contributed by atoms with Gasteiger partial charge < -0.3 is 15.2 Å². The van der Waals surface area contributed by atoms with Gasteiger partial charge in [-0.05, 0) is 26.4 Å². The molecule has 0 aromatic heterocycles. The third-order valence-corrected chi connectivity index (χ3v) is 1.95. The fraction of sp³-hybridized carbons (Fsp3) is 1.00. The summed E-state index contributed by atoms with van der Waals surface area (Å²) in [6, 6.07) is 0. The summed E-state index contributed by atoms with van der Waals surface area (Å²) >= 11 is 0. The number of aliphatic hydroxyl groups excluding tert-OH is 1. The van der Waals surface area contributed by atoms with E-state index >= 15 is 0 Å². The van der Waals surface area contributed by atoms with Crippen molar-refractivity contribution in [3.05, 3.63) is 0 Å². The van der Waals surface area contributed by atoms with Crippen molar-refractivity contribution in [3.8, 4) is 0 Å². The highest BCUT2D eigenvalue weighted by molar-refractivity contribution is 4.56. The Morgan fingerprint density at radius 1 is 1.29 bits per heavy atom. The van der Waals surface area contributed by atoms with Crippen LogP contribution >= 0.6 is 0 Å². The maximum absolute atomic E-state index is 8.92. The molecule has 0 aliphatic carbocycles. The second-order valence-corrected chi connectivity index (χ2v) is 3.10. The van der Waals surface area contributed by atoms with Crippen molar-refractivity contribution in [2.75, 3.05) is 33.9 Å². The van der Waals surface area contributed by atoms with Crippen molar-refractivity contribution in [3.63, 3.8) is 0 Å². The van der Waals surface area contributed by atoms with Crippen LogP contribution in [0.15, 0.2) is 0 Å². The fourth-order valence-electron chi connectivity index (χ4n) is 1.20. The monoisotopic (exact) mass is 205 g/mol. The second-order valence-electron chi connectivity index (χ2n) is 3.10. The van der Waals surface area contributed by atoms with Crippen LogP contribution < -0.4 is 5.32 Å². The molecular formula is C11H27NO2. The molecule has 0 saturated heterocycles. The Kier molecular flexibility index (Phi) is 17.9. The molecule has 0 saturated carbocycles. The number of rotatable bonds is 8. The fourth-order valence-corrected chi connectivity index (χ4v) is 1.20. The van der Waals surface area contributed by atoms with Crippen molar-refractivity contribution in [1.29, 1.82) is 0 Å². The zero-order chi connectivity index (χ0) is 11.2. The van der Waals surface area contributed by atoms with E-state index in [1.54, 1.807) is 7.11 Å². The Morgan fingerprint density at radius 3 is 2.36 bits per heavy atom. The van der Waals surface area contributed by atoms with Crippen LogP contribution in [0, 0.1) is 5.92 Å². The van der Waals surface area contributed by atoms with Gasteiger partial charge in [-0.25, -0.2) is 0 Å². The van der Waals surface area contributed by atoms with E-state index in [1.807, 2.05) is 20.9 Å². The summed E-state index contributed by atoms with van der Waals surface area (Å²) in [5.41, 5.74) is 0. The molecule has 0 aromatic carbocycles. The van der Waals surface area contributed by atoms with E-state index in [4.69, 9.17) is 9.84 Å². The van der Waals surface area contributed by atoms with Gasteiger partial charge in [-0.1, -0.05) is 20.3 Å². The number of methoxy groups -OCH3 is 1. The second kappa shape index (κ2) is 15.4. The Bertz CT molecular complexity index is 89.4.